The molecule has 20 heavy (non-hydrogen) atoms. The molecule has 3 heteroatoms. The summed E-state index contributed by atoms with van der Waals surface area (Å²) in [5, 5.41) is 3.50. The highest BCUT2D eigenvalue weighted by Gasteiger charge is 2.42. The molecular formula is C17H26N2O. The number of nitrogens with one attached hydrogen (secondary N) is 1. The van der Waals surface area contributed by atoms with Gasteiger partial charge in [-0.3, -0.25) is 0 Å². The fraction of sp³-hybridized carbons (Fsp3) is 0.647. The number of benzene rings is 1. The van der Waals surface area contributed by atoms with Gasteiger partial charge in [0, 0.05) is 31.1 Å². The first-order valence-electron chi connectivity index (χ1n) is 7.83. The third-order valence-electron chi connectivity index (χ3n) is 5.01. The van der Waals surface area contributed by atoms with Crippen LogP contribution in [-0.2, 0) is 6.42 Å². The van der Waals surface area contributed by atoms with Crippen LogP contribution in [0, 0.1) is 0 Å². The molecule has 1 aromatic rings. The fourth-order valence-corrected chi connectivity index (χ4v) is 3.53. The van der Waals surface area contributed by atoms with Crippen LogP contribution in [-0.4, -0.2) is 37.7 Å². The van der Waals surface area contributed by atoms with E-state index in [2.05, 4.69) is 49.4 Å². The molecule has 1 N–H and O–H groups in total. The maximum absolute atomic E-state index is 6.47. The van der Waals surface area contributed by atoms with Gasteiger partial charge in [-0.15, -0.1) is 0 Å². The number of hydrogen-bond donors (Lipinski definition) is 1. The molecule has 2 aliphatic rings. The average Bonchev–Trinajstić information content (AvgIpc) is 2.49. The largest absolute Gasteiger partial charge is 0.487 e. The monoisotopic (exact) mass is 274 g/mol. The minimum absolute atomic E-state index is 0.0426. The van der Waals surface area contributed by atoms with Crippen molar-refractivity contribution in [3.63, 3.8) is 0 Å². The Kier molecular flexibility index (Phi) is 3.74. The van der Waals surface area contributed by atoms with Gasteiger partial charge < -0.3 is 15.0 Å². The molecule has 1 unspecified atom stereocenters. The van der Waals surface area contributed by atoms with Crippen molar-refractivity contribution in [2.75, 3.05) is 27.2 Å². The molecule has 0 amide bonds. The minimum atomic E-state index is 0.0426. The highest BCUT2D eigenvalue weighted by atomic mass is 16.5. The highest BCUT2D eigenvalue weighted by molar-refractivity contribution is 5.42. The van der Waals surface area contributed by atoms with Crippen LogP contribution < -0.4 is 10.1 Å². The van der Waals surface area contributed by atoms with Crippen molar-refractivity contribution in [1.29, 1.82) is 0 Å². The molecule has 0 bridgehead atoms. The van der Waals surface area contributed by atoms with Gasteiger partial charge in [0.15, 0.2) is 0 Å². The Balaban J connectivity index is 1.90. The molecule has 0 saturated carbocycles. The van der Waals surface area contributed by atoms with E-state index < -0.39 is 0 Å². The van der Waals surface area contributed by atoms with Gasteiger partial charge in [-0.05, 0) is 45.0 Å². The van der Waals surface area contributed by atoms with Crippen molar-refractivity contribution in [2.45, 2.75) is 44.2 Å². The summed E-state index contributed by atoms with van der Waals surface area (Å²) in [6, 6.07) is 7.13. The third-order valence-corrected chi connectivity index (χ3v) is 5.01. The predicted molar refractivity (Wildman–Crippen MR) is 82.3 cm³/mol. The first-order chi connectivity index (χ1) is 9.65. The number of piperidine rings is 1. The summed E-state index contributed by atoms with van der Waals surface area (Å²) in [4.78, 5) is 2.40. The number of aryl methyl sites for hydroxylation is 1. The summed E-state index contributed by atoms with van der Waals surface area (Å²) in [6.07, 6.45) is 4.45. The van der Waals surface area contributed by atoms with E-state index in [0.29, 0.717) is 6.04 Å². The number of likely N-dealkylation sites (tertiary alicyclic amines) is 1. The Morgan fingerprint density at radius 3 is 2.75 bits per heavy atom. The van der Waals surface area contributed by atoms with Crippen LogP contribution in [0.15, 0.2) is 18.2 Å². The van der Waals surface area contributed by atoms with E-state index in [1.807, 2.05) is 0 Å². The van der Waals surface area contributed by atoms with Crippen LogP contribution in [0.4, 0.5) is 0 Å². The topological polar surface area (TPSA) is 24.5 Å². The lowest BCUT2D eigenvalue weighted by Crippen LogP contribution is -2.50. The lowest BCUT2D eigenvalue weighted by atomic mass is 9.80. The van der Waals surface area contributed by atoms with Gasteiger partial charge in [-0.25, -0.2) is 0 Å². The van der Waals surface area contributed by atoms with E-state index in [1.54, 1.807) is 0 Å². The Hall–Kier alpha value is -1.06. The molecule has 110 valence electrons. The second-order valence-electron chi connectivity index (χ2n) is 6.36. The molecule has 0 radical (unpaired) electrons. The van der Waals surface area contributed by atoms with Crippen LogP contribution in [0.1, 0.15) is 43.4 Å². The molecule has 2 heterocycles. The van der Waals surface area contributed by atoms with Gasteiger partial charge in [-0.2, -0.15) is 0 Å². The normalized spacial score (nSPS) is 25.2. The zero-order valence-electron chi connectivity index (χ0n) is 12.9. The summed E-state index contributed by atoms with van der Waals surface area (Å²) in [5.41, 5.74) is 2.78. The van der Waals surface area contributed by atoms with Crippen molar-refractivity contribution >= 4 is 0 Å². The smallest absolute Gasteiger partial charge is 0.124 e. The summed E-state index contributed by atoms with van der Waals surface area (Å²) < 4.78 is 6.47. The molecule has 1 saturated heterocycles. The summed E-state index contributed by atoms with van der Waals surface area (Å²) >= 11 is 0. The minimum Gasteiger partial charge on any atom is -0.487 e. The lowest BCUT2D eigenvalue weighted by Gasteiger charge is -2.46. The molecule has 1 aromatic carbocycles. The summed E-state index contributed by atoms with van der Waals surface area (Å²) in [5.74, 6) is 1.09. The van der Waals surface area contributed by atoms with Crippen LogP contribution in [0.25, 0.3) is 0 Å². The maximum atomic E-state index is 6.47. The molecule has 0 aromatic heterocycles. The summed E-state index contributed by atoms with van der Waals surface area (Å²) in [7, 11) is 4.27. The van der Waals surface area contributed by atoms with Crippen LogP contribution in [0.2, 0.25) is 0 Å². The van der Waals surface area contributed by atoms with E-state index in [-0.39, 0.29) is 5.60 Å². The molecule has 1 fully saturated rings. The number of hydrogen-bond acceptors (Lipinski definition) is 3. The van der Waals surface area contributed by atoms with Gasteiger partial charge in [0.05, 0.1) is 0 Å². The highest BCUT2D eigenvalue weighted by Crippen LogP contribution is 2.44. The van der Waals surface area contributed by atoms with E-state index in [4.69, 9.17) is 4.74 Å². The SMILES string of the molecule is CCc1ccc2c(c1)C(NC)CC1(CCN(C)CC1)O2. The zero-order valence-corrected chi connectivity index (χ0v) is 12.9. The standard InChI is InChI=1S/C17H26N2O/c1-4-13-5-6-16-14(11-13)15(18-2)12-17(20-16)7-9-19(3)10-8-17/h5-6,11,15,18H,4,7-10,12H2,1-3H3. The zero-order chi connectivity index (χ0) is 14.2. The van der Waals surface area contributed by atoms with Crippen molar-refractivity contribution < 1.29 is 4.74 Å². The van der Waals surface area contributed by atoms with E-state index >= 15 is 0 Å². The van der Waals surface area contributed by atoms with E-state index in [9.17, 15) is 0 Å². The Morgan fingerprint density at radius 1 is 1.35 bits per heavy atom. The van der Waals surface area contributed by atoms with Crippen LogP contribution in [0.3, 0.4) is 0 Å². The number of ether oxygens (including phenoxy) is 1. The molecule has 3 rings (SSSR count). The molecule has 3 nitrogen and oxygen atoms in total. The maximum Gasteiger partial charge on any atom is 0.124 e. The first kappa shape index (κ1) is 13.9. The number of nitrogens with zero attached hydrogens (tertiary/aromatic N) is 1. The van der Waals surface area contributed by atoms with Crippen molar-refractivity contribution in [3.8, 4) is 5.75 Å². The van der Waals surface area contributed by atoms with Gasteiger partial charge in [-0.1, -0.05) is 19.1 Å². The lowest BCUT2D eigenvalue weighted by molar-refractivity contribution is -0.0195. The van der Waals surface area contributed by atoms with Crippen LogP contribution >= 0.6 is 0 Å². The van der Waals surface area contributed by atoms with Crippen molar-refractivity contribution in [2.24, 2.45) is 0 Å². The predicted octanol–water partition coefficient (Wildman–Crippen LogP) is 2.76. The van der Waals surface area contributed by atoms with E-state index in [1.165, 1.54) is 11.1 Å². The van der Waals surface area contributed by atoms with E-state index in [0.717, 1.165) is 44.5 Å². The Labute approximate surface area is 122 Å². The molecule has 2 aliphatic heterocycles. The second kappa shape index (κ2) is 5.38. The van der Waals surface area contributed by atoms with Gasteiger partial charge in [0.2, 0.25) is 0 Å². The van der Waals surface area contributed by atoms with Crippen LogP contribution in [0.5, 0.6) is 5.75 Å². The third kappa shape index (κ3) is 2.45. The molecule has 1 spiro atoms. The van der Waals surface area contributed by atoms with Gasteiger partial charge in [0.25, 0.3) is 0 Å². The second-order valence-corrected chi connectivity index (χ2v) is 6.36. The van der Waals surface area contributed by atoms with Gasteiger partial charge in [0.1, 0.15) is 11.4 Å². The molecule has 1 atom stereocenters. The Bertz CT molecular complexity index is 478. The van der Waals surface area contributed by atoms with Crippen molar-refractivity contribution in [1.82, 2.24) is 10.2 Å². The van der Waals surface area contributed by atoms with Gasteiger partial charge >= 0.3 is 0 Å². The number of rotatable bonds is 2. The fourth-order valence-electron chi connectivity index (χ4n) is 3.53. The molecule has 0 aliphatic carbocycles. The first-order valence-corrected chi connectivity index (χ1v) is 7.83. The quantitative estimate of drug-likeness (QED) is 0.897. The number of fused-ring (bicyclic) bond motifs is 1. The molecular weight excluding hydrogens is 248 g/mol. The Morgan fingerprint density at radius 2 is 2.10 bits per heavy atom. The average molecular weight is 274 g/mol. The van der Waals surface area contributed by atoms with Crippen molar-refractivity contribution in [3.05, 3.63) is 29.3 Å². The summed E-state index contributed by atoms with van der Waals surface area (Å²) in [6.45, 7) is 4.48.